The van der Waals surface area contributed by atoms with E-state index >= 15 is 0 Å². The largest absolute Gasteiger partial charge is 0.479 e. The van der Waals surface area contributed by atoms with Crippen molar-refractivity contribution >= 4 is 23.9 Å². The van der Waals surface area contributed by atoms with Crippen LogP contribution in [0, 0.1) is 0 Å². The number of carboxylic acid groups (broad SMARTS) is 1. The summed E-state index contributed by atoms with van der Waals surface area (Å²) < 4.78 is 28.3. The van der Waals surface area contributed by atoms with Crippen molar-refractivity contribution in [1.29, 1.82) is 0 Å². The number of allylic oxidation sites excluding steroid dienone is 8. The molecular formula is C59H102O12. The summed E-state index contributed by atoms with van der Waals surface area (Å²) in [5.41, 5.74) is 0. The number of aliphatic hydroxyl groups is 2. The van der Waals surface area contributed by atoms with Gasteiger partial charge in [-0.25, -0.2) is 4.79 Å². The molecule has 1 fully saturated rings. The van der Waals surface area contributed by atoms with Gasteiger partial charge >= 0.3 is 23.9 Å². The van der Waals surface area contributed by atoms with Crippen LogP contribution in [-0.4, -0.2) is 89.2 Å². The van der Waals surface area contributed by atoms with Gasteiger partial charge in [0.05, 0.1) is 6.61 Å². The average molecular weight is 1000 g/mol. The summed E-state index contributed by atoms with van der Waals surface area (Å²) in [7, 11) is 0. The number of esters is 3. The Labute approximate surface area is 431 Å². The topological polar surface area (TPSA) is 175 Å². The third-order valence-electron chi connectivity index (χ3n) is 12.9. The molecule has 410 valence electrons. The van der Waals surface area contributed by atoms with Crippen LogP contribution in [-0.2, 0) is 42.9 Å². The number of hydrogen-bond donors (Lipinski definition) is 3. The van der Waals surface area contributed by atoms with Gasteiger partial charge < -0.3 is 39.0 Å². The summed E-state index contributed by atoms with van der Waals surface area (Å²) in [4.78, 5) is 50.9. The van der Waals surface area contributed by atoms with Gasteiger partial charge in [-0.3, -0.25) is 14.4 Å². The van der Waals surface area contributed by atoms with Crippen LogP contribution >= 0.6 is 0 Å². The zero-order valence-electron chi connectivity index (χ0n) is 45.0. The Morgan fingerprint density at radius 3 is 1.35 bits per heavy atom. The molecule has 0 aromatic rings. The number of aliphatic hydroxyl groups excluding tert-OH is 2. The van der Waals surface area contributed by atoms with E-state index in [1.54, 1.807) is 0 Å². The SMILES string of the molecule is CC/C=C\C/C=C\C/C=C\C/C=C\CCCCCCC(=O)OCC(COC1OC(C(=O)O)C(O)C(O)C1OC(=O)CCCCCCCCCCC)OC(=O)CCCCCCCCCCCCCCCCC. The van der Waals surface area contributed by atoms with Crippen molar-refractivity contribution in [1.82, 2.24) is 0 Å². The first-order valence-electron chi connectivity index (χ1n) is 28.6. The van der Waals surface area contributed by atoms with E-state index in [-0.39, 0.29) is 25.9 Å². The highest BCUT2D eigenvalue weighted by Gasteiger charge is 2.50. The summed E-state index contributed by atoms with van der Waals surface area (Å²) in [6.45, 7) is 5.83. The van der Waals surface area contributed by atoms with Crippen molar-refractivity contribution in [3.63, 3.8) is 0 Å². The standard InChI is InChI=1S/C59H102O12/c1-4-7-10-13-16-19-21-23-25-26-28-29-31-34-36-39-42-45-51(60)67-48-50(69-52(61)46-43-40-38-35-32-30-27-24-22-20-17-14-11-8-5-2)49-68-59-57(55(64)54(63)56(71-59)58(65)66)70-53(62)47-44-41-37-33-18-15-12-9-6-3/h7,10,16,19,23,25,28-29,50,54-57,59,63-64H,4-6,8-9,11-15,17-18,20-22,24,26-27,30-49H2,1-3H3,(H,65,66)/b10-7-,19-16-,25-23-,29-28-. The van der Waals surface area contributed by atoms with Gasteiger partial charge in [0.2, 0.25) is 0 Å². The number of carbonyl (C=O) groups is 4. The summed E-state index contributed by atoms with van der Waals surface area (Å²) >= 11 is 0. The van der Waals surface area contributed by atoms with Crippen LogP contribution in [0.25, 0.3) is 0 Å². The fraction of sp³-hybridized carbons (Fsp3) is 0.797. The van der Waals surface area contributed by atoms with Crippen LogP contribution in [0.4, 0.5) is 0 Å². The highest BCUT2D eigenvalue weighted by Crippen LogP contribution is 2.26. The van der Waals surface area contributed by atoms with E-state index in [1.165, 1.54) is 96.3 Å². The lowest BCUT2D eigenvalue weighted by molar-refractivity contribution is -0.301. The number of carbonyl (C=O) groups excluding carboxylic acids is 3. The van der Waals surface area contributed by atoms with E-state index < -0.39 is 67.3 Å². The molecule has 1 heterocycles. The second kappa shape index (κ2) is 47.7. The molecule has 0 bridgehead atoms. The number of aliphatic carboxylic acids is 1. The number of carboxylic acids is 1. The van der Waals surface area contributed by atoms with E-state index in [0.29, 0.717) is 19.3 Å². The molecule has 1 rings (SSSR count). The molecule has 1 saturated heterocycles. The van der Waals surface area contributed by atoms with Crippen molar-refractivity contribution in [2.75, 3.05) is 13.2 Å². The van der Waals surface area contributed by atoms with Gasteiger partial charge in [-0.2, -0.15) is 0 Å². The van der Waals surface area contributed by atoms with Gasteiger partial charge in [0.1, 0.15) is 18.8 Å². The Morgan fingerprint density at radius 1 is 0.479 bits per heavy atom. The molecular weight excluding hydrogens is 901 g/mol. The van der Waals surface area contributed by atoms with E-state index in [1.807, 2.05) is 0 Å². The first-order chi connectivity index (χ1) is 34.6. The molecule has 0 amide bonds. The smallest absolute Gasteiger partial charge is 0.335 e. The third kappa shape index (κ3) is 38.0. The quantitative estimate of drug-likeness (QED) is 0.0228. The second-order valence-electron chi connectivity index (χ2n) is 19.6. The Hall–Kier alpha value is -3.32. The normalized spacial score (nSPS) is 18.8. The fourth-order valence-corrected chi connectivity index (χ4v) is 8.54. The van der Waals surface area contributed by atoms with Crippen LogP contribution < -0.4 is 0 Å². The summed E-state index contributed by atoms with van der Waals surface area (Å²) in [5.74, 6) is -3.14. The van der Waals surface area contributed by atoms with E-state index in [9.17, 15) is 34.5 Å². The predicted molar refractivity (Wildman–Crippen MR) is 285 cm³/mol. The highest BCUT2D eigenvalue weighted by molar-refractivity contribution is 5.74. The minimum atomic E-state index is -1.90. The molecule has 1 aliphatic heterocycles. The average Bonchev–Trinajstić information content (AvgIpc) is 3.35. The van der Waals surface area contributed by atoms with Crippen molar-refractivity contribution in [3.8, 4) is 0 Å². The Balaban J connectivity index is 2.69. The van der Waals surface area contributed by atoms with Crippen molar-refractivity contribution in [2.24, 2.45) is 0 Å². The van der Waals surface area contributed by atoms with E-state index in [0.717, 1.165) is 96.3 Å². The van der Waals surface area contributed by atoms with E-state index in [4.69, 9.17) is 23.7 Å². The van der Waals surface area contributed by atoms with Gasteiger partial charge in [-0.05, 0) is 57.8 Å². The lowest BCUT2D eigenvalue weighted by atomic mass is 9.98. The number of unbranched alkanes of at least 4 members (excludes halogenated alkanes) is 26. The molecule has 1 aliphatic rings. The fourth-order valence-electron chi connectivity index (χ4n) is 8.54. The van der Waals surface area contributed by atoms with Gasteiger partial charge in [0.25, 0.3) is 0 Å². The molecule has 12 heteroatoms. The zero-order chi connectivity index (χ0) is 51.8. The molecule has 0 aromatic carbocycles. The van der Waals surface area contributed by atoms with Crippen LogP contribution in [0.3, 0.4) is 0 Å². The Morgan fingerprint density at radius 2 is 0.887 bits per heavy atom. The Bertz CT molecular complexity index is 1420. The molecule has 6 unspecified atom stereocenters. The van der Waals surface area contributed by atoms with Gasteiger partial charge in [-0.15, -0.1) is 0 Å². The molecule has 3 N–H and O–H groups in total. The van der Waals surface area contributed by atoms with Crippen LogP contribution in [0.2, 0.25) is 0 Å². The maximum atomic E-state index is 13.1. The van der Waals surface area contributed by atoms with Crippen molar-refractivity contribution in [3.05, 3.63) is 48.6 Å². The lowest BCUT2D eigenvalue weighted by Gasteiger charge is -2.40. The highest BCUT2D eigenvalue weighted by atomic mass is 16.7. The Kier molecular flexibility index (Phi) is 44.1. The van der Waals surface area contributed by atoms with Crippen LogP contribution in [0.1, 0.15) is 252 Å². The first-order valence-corrected chi connectivity index (χ1v) is 28.6. The second-order valence-corrected chi connectivity index (χ2v) is 19.6. The molecule has 6 atom stereocenters. The van der Waals surface area contributed by atoms with E-state index in [2.05, 4.69) is 69.4 Å². The maximum absolute atomic E-state index is 13.1. The molecule has 0 saturated carbocycles. The number of rotatable bonds is 48. The first kappa shape index (κ1) is 65.7. The molecule has 0 spiro atoms. The van der Waals surface area contributed by atoms with Crippen LogP contribution in [0.5, 0.6) is 0 Å². The molecule has 0 radical (unpaired) electrons. The summed E-state index contributed by atoms with van der Waals surface area (Å²) in [6.07, 6.45) is 43.9. The molecule has 12 nitrogen and oxygen atoms in total. The molecule has 71 heavy (non-hydrogen) atoms. The summed E-state index contributed by atoms with van der Waals surface area (Å²) in [5, 5.41) is 31.3. The van der Waals surface area contributed by atoms with Gasteiger partial charge in [0, 0.05) is 19.3 Å². The monoisotopic (exact) mass is 1000 g/mol. The predicted octanol–water partition coefficient (Wildman–Crippen LogP) is 14.2. The van der Waals surface area contributed by atoms with Gasteiger partial charge in [-0.1, -0.05) is 223 Å². The molecule has 0 aliphatic carbocycles. The minimum absolute atomic E-state index is 0.0605. The van der Waals surface area contributed by atoms with Crippen molar-refractivity contribution < 1.29 is 58.2 Å². The number of hydrogen-bond acceptors (Lipinski definition) is 11. The van der Waals surface area contributed by atoms with Crippen LogP contribution in [0.15, 0.2) is 48.6 Å². The summed E-state index contributed by atoms with van der Waals surface area (Å²) in [6, 6.07) is 0. The number of ether oxygens (including phenoxy) is 5. The minimum Gasteiger partial charge on any atom is -0.479 e. The molecule has 0 aromatic heterocycles. The third-order valence-corrected chi connectivity index (χ3v) is 12.9. The lowest BCUT2D eigenvalue weighted by Crippen LogP contribution is -2.61. The van der Waals surface area contributed by atoms with Gasteiger partial charge in [0.15, 0.2) is 24.6 Å². The van der Waals surface area contributed by atoms with Crippen molar-refractivity contribution in [2.45, 2.75) is 289 Å². The maximum Gasteiger partial charge on any atom is 0.335 e. The zero-order valence-corrected chi connectivity index (χ0v) is 45.0.